The Bertz CT molecular complexity index is 441. The predicted molar refractivity (Wildman–Crippen MR) is 75.4 cm³/mol. The fourth-order valence-electron chi connectivity index (χ4n) is 3.46. The van der Waals surface area contributed by atoms with E-state index in [-0.39, 0.29) is 12.6 Å². The Balaban J connectivity index is 1.78. The fraction of sp³-hybridized carbons (Fsp3) is 0.800. The molecule has 0 radical (unpaired) electrons. The highest BCUT2D eigenvalue weighted by atomic mass is 16.3. The van der Waals surface area contributed by atoms with Crippen molar-refractivity contribution in [2.45, 2.75) is 57.5 Å². The summed E-state index contributed by atoms with van der Waals surface area (Å²) in [6.45, 7) is 7.10. The van der Waals surface area contributed by atoms with E-state index < -0.39 is 0 Å². The fourth-order valence-corrected chi connectivity index (χ4v) is 3.46. The van der Waals surface area contributed by atoms with Gasteiger partial charge in [-0.3, -0.25) is 0 Å². The highest BCUT2D eigenvalue weighted by Gasteiger charge is 2.29. The molecule has 3 rings (SSSR count). The largest absolute Gasteiger partial charge is 0.394 e. The van der Waals surface area contributed by atoms with Gasteiger partial charge in [0.2, 0.25) is 0 Å². The number of imidazole rings is 1. The Hall–Kier alpha value is -0.870. The summed E-state index contributed by atoms with van der Waals surface area (Å²) < 4.78 is 2.23. The van der Waals surface area contributed by atoms with Crippen molar-refractivity contribution in [1.82, 2.24) is 14.5 Å². The normalized spacial score (nSPS) is 28.0. The molecule has 0 amide bonds. The highest BCUT2D eigenvalue weighted by Crippen LogP contribution is 2.31. The SMILES string of the molecule is CC(C)N1CCC(c2cn3c(n2)CCCC3CO)C1. The zero-order valence-electron chi connectivity index (χ0n) is 12.0. The van der Waals surface area contributed by atoms with Crippen molar-refractivity contribution in [3.05, 3.63) is 17.7 Å². The molecule has 2 atom stereocenters. The number of aromatic nitrogens is 2. The third kappa shape index (κ3) is 2.43. The monoisotopic (exact) mass is 263 g/mol. The molecule has 2 aliphatic heterocycles. The van der Waals surface area contributed by atoms with Gasteiger partial charge in [-0.25, -0.2) is 4.98 Å². The molecule has 2 aliphatic rings. The number of aliphatic hydroxyl groups is 1. The van der Waals surface area contributed by atoms with E-state index in [0.29, 0.717) is 12.0 Å². The summed E-state index contributed by atoms with van der Waals surface area (Å²) in [6, 6.07) is 0.889. The molecular formula is C15H25N3O. The van der Waals surface area contributed by atoms with Gasteiger partial charge in [-0.1, -0.05) is 0 Å². The van der Waals surface area contributed by atoms with Crippen LogP contribution in [0, 0.1) is 0 Å². The summed E-state index contributed by atoms with van der Waals surface area (Å²) in [5.41, 5.74) is 1.25. The minimum atomic E-state index is 0.242. The molecule has 0 saturated carbocycles. The minimum absolute atomic E-state index is 0.242. The van der Waals surface area contributed by atoms with Crippen LogP contribution in [0.3, 0.4) is 0 Å². The van der Waals surface area contributed by atoms with Gasteiger partial charge < -0.3 is 14.6 Å². The summed E-state index contributed by atoms with van der Waals surface area (Å²) in [4.78, 5) is 7.38. The Labute approximate surface area is 115 Å². The lowest BCUT2D eigenvalue weighted by Crippen LogP contribution is -2.27. The summed E-state index contributed by atoms with van der Waals surface area (Å²) in [5, 5.41) is 9.47. The van der Waals surface area contributed by atoms with Crippen LogP contribution < -0.4 is 0 Å². The third-order valence-electron chi connectivity index (χ3n) is 4.74. The van der Waals surface area contributed by atoms with E-state index >= 15 is 0 Å². The van der Waals surface area contributed by atoms with E-state index in [1.54, 1.807) is 0 Å². The number of likely N-dealkylation sites (tertiary alicyclic amines) is 1. The molecule has 1 saturated heterocycles. The summed E-state index contributed by atoms with van der Waals surface area (Å²) in [7, 11) is 0. The van der Waals surface area contributed by atoms with Crippen LogP contribution >= 0.6 is 0 Å². The molecular weight excluding hydrogens is 238 g/mol. The topological polar surface area (TPSA) is 41.3 Å². The number of nitrogens with zero attached hydrogens (tertiary/aromatic N) is 3. The first kappa shape index (κ1) is 13.1. The van der Waals surface area contributed by atoms with Crippen LogP contribution in [-0.4, -0.2) is 45.3 Å². The molecule has 1 fully saturated rings. The van der Waals surface area contributed by atoms with E-state index in [0.717, 1.165) is 25.8 Å². The Morgan fingerprint density at radius 3 is 2.95 bits per heavy atom. The first-order valence-electron chi connectivity index (χ1n) is 7.61. The molecule has 0 bridgehead atoms. The van der Waals surface area contributed by atoms with E-state index in [1.165, 1.54) is 24.5 Å². The van der Waals surface area contributed by atoms with Gasteiger partial charge in [-0.2, -0.15) is 0 Å². The molecule has 0 spiro atoms. The number of fused-ring (bicyclic) bond motifs is 1. The number of hydrogen-bond donors (Lipinski definition) is 1. The van der Waals surface area contributed by atoms with Crippen molar-refractivity contribution in [2.24, 2.45) is 0 Å². The standard InChI is InChI=1S/C15H25N3O/c1-11(2)17-7-6-12(8-17)14-9-18-13(10-19)4-3-5-15(18)16-14/h9,11-13,19H,3-8,10H2,1-2H3. The van der Waals surface area contributed by atoms with Crippen LogP contribution in [0.1, 0.15) is 56.6 Å². The number of hydrogen-bond acceptors (Lipinski definition) is 3. The molecule has 19 heavy (non-hydrogen) atoms. The zero-order valence-corrected chi connectivity index (χ0v) is 12.0. The van der Waals surface area contributed by atoms with Crippen LogP contribution in [0.2, 0.25) is 0 Å². The molecule has 106 valence electrons. The van der Waals surface area contributed by atoms with Crippen molar-refractivity contribution in [3.8, 4) is 0 Å². The van der Waals surface area contributed by atoms with Gasteiger partial charge in [0, 0.05) is 31.1 Å². The Kier molecular flexibility index (Phi) is 3.63. The molecule has 0 aliphatic carbocycles. The molecule has 3 heterocycles. The highest BCUT2D eigenvalue weighted by molar-refractivity contribution is 5.15. The van der Waals surface area contributed by atoms with Crippen molar-refractivity contribution < 1.29 is 5.11 Å². The van der Waals surface area contributed by atoms with Gasteiger partial charge >= 0.3 is 0 Å². The van der Waals surface area contributed by atoms with Crippen LogP contribution in [0.4, 0.5) is 0 Å². The Morgan fingerprint density at radius 2 is 2.26 bits per heavy atom. The van der Waals surface area contributed by atoms with Gasteiger partial charge in [0.1, 0.15) is 5.82 Å². The van der Waals surface area contributed by atoms with Crippen molar-refractivity contribution in [3.63, 3.8) is 0 Å². The lowest BCUT2D eigenvalue weighted by atomic mass is 10.1. The Morgan fingerprint density at radius 1 is 1.42 bits per heavy atom. The number of aryl methyl sites for hydroxylation is 1. The molecule has 1 aromatic rings. The lowest BCUT2D eigenvalue weighted by molar-refractivity contribution is 0.206. The van der Waals surface area contributed by atoms with Gasteiger partial charge in [-0.15, -0.1) is 0 Å². The van der Waals surface area contributed by atoms with E-state index in [4.69, 9.17) is 4.98 Å². The maximum atomic E-state index is 9.47. The molecule has 1 aromatic heterocycles. The van der Waals surface area contributed by atoms with E-state index in [9.17, 15) is 5.11 Å². The van der Waals surface area contributed by atoms with Crippen molar-refractivity contribution in [1.29, 1.82) is 0 Å². The third-order valence-corrected chi connectivity index (χ3v) is 4.74. The second kappa shape index (κ2) is 5.25. The quantitative estimate of drug-likeness (QED) is 0.906. The molecule has 4 heteroatoms. The average Bonchev–Trinajstić information content (AvgIpc) is 3.04. The average molecular weight is 263 g/mol. The molecule has 4 nitrogen and oxygen atoms in total. The second-order valence-corrected chi connectivity index (χ2v) is 6.29. The summed E-state index contributed by atoms with van der Waals surface area (Å²) >= 11 is 0. The van der Waals surface area contributed by atoms with Crippen molar-refractivity contribution >= 4 is 0 Å². The van der Waals surface area contributed by atoms with E-state index in [1.807, 2.05) is 0 Å². The maximum absolute atomic E-state index is 9.47. The number of aliphatic hydroxyl groups excluding tert-OH is 1. The zero-order chi connectivity index (χ0) is 13.4. The molecule has 1 N–H and O–H groups in total. The number of rotatable bonds is 3. The van der Waals surface area contributed by atoms with Crippen molar-refractivity contribution in [2.75, 3.05) is 19.7 Å². The first-order valence-corrected chi connectivity index (χ1v) is 7.61. The van der Waals surface area contributed by atoms with Crippen LogP contribution in [0.25, 0.3) is 0 Å². The summed E-state index contributed by atoms with van der Waals surface area (Å²) in [5.74, 6) is 1.77. The van der Waals surface area contributed by atoms with Gasteiger partial charge in [0.25, 0.3) is 0 Å². The first-order chi connectivity index (χ1) is 9.19. The summed E-state index contributed by atoms with van der Waals surface area (Å²) in [6.07, 6.45) is 6.74. The van der Waals surface area contributed by atoms with Gasteiger partial charge in [0.05, 0.1) is 18.3 Å². The van der Waals surface area contributed by atoms with Gasteiger partial charge in [0.15, 0.2) is 0 Å². The smallest absolute Gasteiger partial charge is 0.109 e. The van der Waals surface area contributed by atoms with E-state index in [2.05, 4.69) is 29.5 Å². The maximum Gasteiger partial charge on any atom is 0.109 e. The molecule has 0 aromatic carbocycles. The second-order valence-electron chi connectivity index (χ2n) is 6.29. The van der Waals surface area contributed by atoms with Crippen LogP contribution in [-0.2, 0) is 6.42 Å². The lowest BCUT2D eigenvalue weighted by Gasteiger charge is -2.22. The van der Waals surface area contributed by atoms with Crippen LogP contribution in [0.5, 0.6) is 0 Å². The minimum Gasteiger partial charge on any atom is -0.394 e. The van der Waals surface area contributed by atoms with Crippen LogP contribution in [0.15, 0.2) is 6.20 Å². The molecule has 2 unspecified atom stereocenters. The van der Waals surface area contributed by atoms with Gasteiger partial charge in [-0.05, 0) is 39.7 Å². The predicted octanol–water partition coefficient (Wildman–Crippen LogP) is 1.95.